The van der Waals surface area contributed by atoms with Crippen LogP contribution in [0.1, 0.15) is 41.4 Å². The van der Waals surface area contributed by atoms with Gasteiger partial charge in [0.2, 0.25) is 0 Å². The second kappa shape index (κ2) is 24.1. The average molecular weight is 1040 g/mol. The standard InChI is InChI=1S/C32H33N9O7.3HI/c42-29(37-13-21-48-41(46)47)25-7-16-38(17-8-25)18-10-35-31(44)27-5-2-15-40(23-27)20-12-36-32(45)28-6-3-14-39(24-28)19-11-34-30(43)26-4-1-9-33-22-26;;;/h1-9,14-17,22-24H,10-13,18-21H2,(H-3,34,35,36,37,42,43,44,45);3*1H. The molecule has 19 heteroatoms. The van der Waals surface area contributed by atoms with Gasteiger partial charge < -0.3 is 98.0 Å². The average Bonchev–Trinajstić information content (AvgIpc) is 3.10. The van der Waals surface area contributed by atoms with E-state index in [1.165, 1.54) is 6.20 Å². The van der Waals surface area contributed by atoms with Crippen LogP contribution in [0.3, 0.4) is 0 Å². The van der Waals surface area contributed by atoms with Gasteiger partial charge in [-0.25, -0.2) is 13.7 Å². The Morgan fingerprint density at radius 3 is 1.55 bits per heavy atom. The van der Waals surface area contributed by atoms with Crippen molar-refractivity contribution < 1.29 is 115 Å². The van der Waals surface area contributed by atoms with Gasteiger partial charge >= 0.3 is 0 Å². The van der Waals surface area contributed by atoms with E-state index in [1.54, 1.807) is 84.1 Å². The van der Waals surface area contributed by atoms with Gasteiger partial charge in [0, 0.05) is 43.2 Å². The number of rotatable bonds is 17. The molecule has 0 fully saturated rings. The third-order valence-electron chi connectivity index (χ3n) is 6.87. The number of aromatic nitrogens is 4. The maximum Gasteiger partial charge on any atom is 0.294 e. The Morgan fingerprint density at radius 2 is 1.06 bits per heavy atom. The molecule has 4 heterocycles. The molecular weight excluding hydrogens is 1000 g/mol. The summed E-state index contributed by atoms with van der Waals surface area (Å²) in [6, 6.07) is 13.5. The van der Waals surface area contributed by atoms with Gasteiger partial charge in [0.1, 0.15) is 17.7 Å². The molecule has 4 N–H and O–H groups in total. The fourth-order valence-electron chi connectivity index (χ4n) is 4.43. The molecule has 4 aromatic rings. The molecule has 16 nitrogen and oxygen atoms in total. The van der Waals surface area contributed by atoms with Crippen LogP contribution < -0.4 is 107 Å². The van der Waals surface area contributed by atoms with Crippen LogP contribution in [0.25, 0.3) is 0 Å². The molecule has 0 spiro atoms. The monoisotopic (exact) mass is 1040 g/mol. The van der Waals surface area contributed by atoms with E-state index in [-0.39, 0.29) is 109 Å². The van der Waals surface area contributed by atoms with E-state index >= 15 is 0 Å². The van der Waals surface area contributed by atoms with Crippen LogP contribution >= 0.6 is 0 Å². The highest BCUT2D eigenvalue weighted by atomic mass is 127. The van der Waals surface area contributed by atoms with Crippen molar-refractivity contribution in [3.8, 4) is 0 Å². The normalized spacial score (nSPS) is 9.80. The molecule has 0 aliphatic carbocycles. The van der Waals surface area contributed by atoms with E-state index in [0.717, 1.165) is 0 Å². The van der Waals surface area contributed by atoms with Crippen LogP contribution in [0.15, 0.2) is 98.1 Å². The van der Waals surface area contributed by atoms with E-state index in [2.05, 4.69) is 31.1 Å². The first kappa shape index (κ1) is 44.9. The molecule has 0 unspecified atom stereocenters. The highest BCUT2D eigenvalue weighted by molar-refractivity contribution is 5.95. The van der Waals surface area contributed by atoms with Gasteiger partial charge in [-0.15, -0.1) is 10.1 Å². The van der Waals surface area contributed by atoms with Crippen LogP contribution in [0.2, 0.25) is 0 Å². The molecular formula is C32H36I3N9O7. The third kappa shape index (κ3) is 15.7. The summed E-state index contributed by atoms with van der Waals surface area (Å²) in [6.07, 6.45) is 13.5. The predicted molar refractivity (Wildman–Crippen MR) is 166 cm³/mol. The van der Waals surface area contributed by atoms with E-state index in [1.807, 2.05) is 21.5 Å². The highest BCUT2D eigenvalue weighted by Gasteiger charge is 2.15. The summed E-state index contributed by atoms with van der Waals surface area (Å²) in [7, 11) is 0. The van der Waals surface area contributed by atoms with Crippen molar-refractivity contribution in [2.45, 2.75) is 19.6 Å². The first-order valence-corrected chi connectivity index (χ1v) is 15.1. The van der Waals surface area contributed by atoms with Gasteiger partial charge in [-0.3, -0.25) is 24.2 Å². The molecule has 51 heavy (non-hydrogen) atoms. The van der Waals surface area contributed by atoms with Crippen molar-refractivity contribution in [3.63, 3.8) is 0 Å². The third-order valence-corrected chi connectivity index (χ3v) is 6.87. The number of pyridine rings is 4. The Hall–Kier alpha value is -4.13. The van der Waals surface area contributed by atoms with Crippen LogP contribution in [0.4, 0.5) is 0 Å². The molecule has 0 radical (unpaired) electrons. The second-order valence-corrected chi connectivity index (χ2v) is 10.3. The van der Waals surface area contributed by atoms with Crippen LogP contribution in [0.5, 0.6) is 0 Å². The number of halogens is 3. The summed E-state index contributed by atoms with van der Waals surface area (Å²) in [5, 5.41) is 20.4. The van der Waals surface area contributed by atoms with E-state index < -0.39 is 5.09 Å². The largest absolute Gasteiger partial charge is 1.00 e. The molecule has 4 aromatic heterocycles. The number of hydrogen-bond acceptors (Lipinski definition) is 8. The molecule has 272 valence electrons. The molecule has 0 atom stereocenters. The van der Waals surface area contributed by atoms with Gasteiger partial charge in [0.05, 0.1) is 30.8 Å². The summed E-state index contributed by atoms with van der Waals surface area (Å²) < 4.78 is 5.44. The quantitative estimate of drug-likeness (QED) is 0.0264. The van der Waals surface area contributed by atoms with Crippen LogP contribution in [-0.4, -0.2) is 66.5 Å². The number of amides is 4. The summed E-state index contributed by atoms with van der Waals surface area (Å²) in [5.41, 5.74) is 1.80. The van der Waals surface area contributed by atoms with Crippen molar-refractivity contribution in [2.24, 2.45) is 0 Å². The number of nitrogens with one attached hydrogen (secondary N) is 4. The lowest BCUT2D eigenvalue weighted by Crippen LogP contribution is -3.00. The molecule has 4 amide bonds. The van der Waals surface area contributed by atoms with E-state index in [0.29, 0.717) is 61.5 Å². The summed E-state index contributed by atoms with van der Waals surface area (Å²) in [4.78, 5) is 68.1. The maximum atomic E-state index is 12.8. The molecule has 4 rings (SSSR count). The van der Waals surface area contributed by atoms with Gasteiger partial charge in [-0.2, -0.15) is 0 Å². The Morgan fingerprint density at radius 1 is 0.608 bits per heavy atom. The Kier molecular flexibility index (Phi) is 21.2. The molecule has 0 aliphatic heterocycles. The van der Waals surface area contributed by atoms with Crippen molar-refractivity contribution >= 4 is 23.6 Å². The zero-order valence-electron chi connectivity index (χ0n) is 27.1. The zero-order valence-corrected chi connectivity index (χ0v) is 33.6. The predicted octanol–water partition coefficient (Wildman–Crippen LogP) is -9.82. The number of hydrogen-bond donors (Lipinski definition) is 4. The van der Waals surface area contributed by atoms with Gasteiger partial charge in [-0.1, -0.05) is 0 Å². The first-order valence-electron chi connectivity index (χ1n) is 15.1. The minimum absolute atomic E-state index is 0. The van der Waals surface area contributed by atoms with Crippen molar-refractivity contribution in [1.29, 1.82) is 0 Å². The van der Waals surface area contributed by atoms with Gasteiger partial charge in [0.25, 0.3) is 28.7 Å². The minimum atomic E-state index is -0.921. The Bertz CT molecular complexity index is 1740. The minimum Gasteiger partial charge on any atom is -1.00 e. The summed E-state index contributed by atoms with van der Waals surface area (Å²) in [5.74, 6) is -1.10. The first-order chi connectivity index (χ1) is 23.3. The number of nitrogens with zero attached hydrogens (tertiary/aromatic N) is 5. The summed E-state index contributed by atoms with van der Waals surface area (Å²) >= 11 is 0. The Balaban J connectivity index is 0.00000433. The second-order valence-electron chi connectivity index (χ2n) is 10.3. The van der Waals surface area contributed by atoms with Gasteiger partial charge in [0.15, 0.2) is 56.8 Å². The smallest absolute Gasteiger partial charge is 0.294 e. The fraction of sp³-hybridized carbons (Fsp3) is 0.250. The lowest BCUT2D eigenvalue weighted by atomic mass is 10.2. The zero-order chi connectivity index (χ0) is 34.1. The molecule has 0 saturated carbocycles. The molecule has 0 aromatic carbocycles. The SMILES string of the molecule is O=C(NCCO[N+](=O)[O-])c1cc[n+](CCNC(=O)c2ccc[n+](CCNC(=O)c3ccc[n+](CCNC(=O)c4cccnc4)c3)c2)cc1.[I-].[I-].[I-]. The Labute approximate surface area is 344 Å². The topological polar surface area (TPSA) is 193 Å². The molecule has 0 saturated heterocycles. The number of carbonyl (C=O) groups is 4. The summed E-state index contributed by atoms with van der Waals surface area (Å²) in [6.45, 7) is 2.20. The van der Waals surface area contributed by atoms with Gasteiger partial charge in [-0.05, 0) is 24.3 Å². The van der Waals surface area contributed by atoms with E-state index in [4.69, 9.17) is 0 Å². The lowest BCUT2D eigenvalue weighted by molar-refractivity contribution is -0.757. The highest BCUT2D eigenvalue weighted by Crippen LogP contribution is 1.98. The van der Waals surface area contributed by atoms with Crippen molar-refractivity contribution in [3.05, 3.63) is 130 Å². The molecule has 0 aliphatic rings. The van der Waals surface area contributed by atoms with Crippen molar-refractivity contribution in [1.82, 2.24) is 26.3 Å². The van der Waals surface area contributed by atoms with Crippen LogP contribution in [0, 0.1) is 10.1 Å². The van der Waals surface area contributed by atoms with Crippen LogP contribution in [-0.2, 0) is 24.5 Å². The maximum absolute atomic E-state index is 12.8. The fourth-order valence-corrected chi connectivity index (χ4v) is 4.43. The number of carbonyl (C=O) groups excluding carboxylic acids is 4. The molecule has 0 bridgehead atoms. The van der Waals surface area contributed by atoms with E-state index in [9.17, 15) is 29.3 Å². The lowest BCUT2D eigenvalue weighted by Gasteiger charge is -2.06. The van der Waals surface area contributed by atoms with Crippen molar-refractivity contribution in [2.75, 3.05) is 32.8 Å².